The average molecular weight is 342 g/mol. The Morgan fingerprint density at radius 3 is 2.71 bits per heavy atom. The summed E-state index contributed by atoms with van der Waals surface area (Å²) in [5.41, 5.74) is 0.642. The third-order valence-electron chi connectivity index (χ3n) is 4.49. The van der Waals surface area contributed by atoms with Gasteiger partial charge in [0.1, 0.15) is 5.75 Å². The fourth-order valence-electron chi connectivity index (χ4n) is 3.19. The summed E-state index contributed by atoms with van der Waals surface area (Å²) < 4.78 is 43.9. The number of hydrogen-bond donors (Lipinski definition) is 0. The number of benzene rings is 1. The molecule has 1 aromatic carbocycles. The topological polar surface area (TPSA) is 49.9 Å². The summed E-state index contributed by atoms with van der Waals surface area (Å²) in [6.07, 6.45) is -3.74. The predicted octanol–water partition coefficient (Wildman–Crippen LogP) is 2.46. The molecule has 2 aliphatic rings. The van der Waals surface area contributed by atoms with Crippen molar-refractivity contribution in [1.82, 2.24) is 4.90 Å². The largest absolute Gasteiger partial charge is 0.497 e. The van der Waals surface area contributed by atoms with Gasteiger partial charge < -0.3 is 4.74 Å². The number of carbonyl (C=O) groups is 2. The molecule has 0 saturated carbocycles. The van der Waals surface area contributed by atoms with Gasteiger partial charge in [-0.1, -0.05) is 0 Å². The Morgan fingerprint density at radius 1 is 1.29 bits per heavy atom. The number of rotatable bonds is 3. The van der Waals surface area contributed by atoms with Gasteiger partial charge in [0, 0.05) is 12.6 Å². The van der Waals surface area contributed by atoms with Crippen molar-refractivity contribution in [1.29, 1.82) is 0 Å². The fraction of sp³-hybridized carbons (Fsp3) is 0.500. The predicted molar refractivity (Wildman–Crippen MR) is 80.0 cm³/mol. The summed E-state index contributed by atoms with van der Waals surface area (Å²) >= 11 is 0. The van der Waals surface area contributed by atoms with Crippen LogP contribution in [-0.4, -0.2) is 49.6 Å². The van der Waals surface area contributed by atoms with Crippen molar-refractivity contribution in [3.8, 4) is 5.75 Å². The zero-order valence-corrected chi connectivity index (χ0v) is 13.1. The van der Waals surface area contributed by atoms with Crippen LogP contribution in [0.4, 0.5) is 18.9 Å². The van der Waals surface area contributed by atoms with Crippen LogP contribution in [0.2, 0.25) is 0 Å². The Bertz CT molecular complexity index is 675. The van der Waals surface area contributed by atoms with E-state index in [0.29, 0.717) is 24.4 Å². The van der Waals surface area contributed by atoms with E-state index < -0.39 is 23.8 Å². The van der Waals surface area contributed by atoms with Crippen molar-refractivity contribution < 1.29 is 27.5 Å². The van der Waals surface area contributed by atoms with Crippen molar-refractivity contribution >= 4 is 17.4 Å². The molecule has 2 heterocycles. The van der Waals surface area contributed by atoms with Gasteiger partial charge in [-0.05, 0) is 31.5 Å². The molecule has 1 aromatic rings. The van der Waals surface area contributed by atoms with Gasteiger partial charge in [0.15, 0.2) is 0 Å². The van der Waals surface area contributed by atoms with Crippen LogP contribution in [-0.2, 0) is 4.79 Å². The number of anilines is 1. The summed E-state index contributed by atoms with van der Waals surface area (Å²) in [5.74, 6) is -2.28. The molecular formula is C16H17F3N2O3. The van der Waals surface area contributed by atoms with E-state index in [2.05, 4.69) is 0 Å². The number of ether oxygens (including phenoxy) is 1. The van der Waals surface area contributed by atoms with Gasteiger partial charge in [-0.15, -0.1) is 0 Å². The molecule has 0 bridgehead atoms. The zero-order chi connectivity index (χ0) is 17.5. The Kier molecular flexibility index (Phi) is 4.25. The van der Waals surface area contributed by atoms with E-state index in [0.717, 1.165) is 0 Å². The maximum atomic E-state index is 12.9. The minimum Gasteiger partial charge on any atom is -0.497 e. The molecule has 3 rings (SSSR count). The second kappa shape index (κ2) is 6.08. The highest BCUT2D eigenvalue weighted by atomic mass is 19.4. The number of piperidine rings is 1. The van der Waals surface area contributed by atoms with E-state index in [4.69, 9.17) is 4.74 Å². The smallest absolute Gasteiger partial charge is 0.393 e. The van der Waals surface area contributed by atoms with Crippen molar-refractivity contribution in [2.75, 3.05) is 31.8 Å². The quantitative estimate of drug-likeness (QED) is 0.792. The number of amides is 1. The fourth-order valence-corrected chi connectivity index (χ4v) is 3.19. The number of likely N-dealkylation sites (tertiary alicyclic amines) is 1. The average Bonchev–Trinajstić information content (AvgIpc) is 2.79. The van der Waals surface area contributed by atoms with Crippen LogP contribution >= 0.6 is 0 Å². The standard InChI is InChI=1S/C16H17F3N2O3/c1-24-11-4-5-12-13(7-11)21(15(23)14(12)22)9-20-6-2-3-10(8-20)16(17,18)19/h4-5,7,10H,2-3,6,8-9H2,1H3/t10-/m1/s1. The number of methoxy groups -OCH3 is 1. The Labute approximate surface area is 137 Å². The monoisotopic (exact) mass is 342 g/mol. The molecule has 5 nitrogen and oxygen atoms in total. The lowest BCUT2D eigenvalue weighted by Crippen LogP contribution is -2.48. The van der Waals surface area contributed by atoms with E-state index in [1.54, 1.807) is 17.0 Å². The number of halogens is 3. The molecule has 130 valence electrons. The summed E-state index contributed by atoms with van der Waals surface area (Å²) in [7, 11) is 1.46. The second-order valence-electron chi connectivity index (χ2n) is 6.04. The van der Waals surface area contributed by atoms with Gasteiger partial charge >= 0.3 is 12.1 Å². The normalized spacial score (nSPS) is 22.0. The molecule has 1 amide bonds. The van der Waals surface area contributed by atoms with E-state index >= 15 is 0 Å². The van der Waals surface area contributed by atoms with Crippen LogP contribution < -0.4 is 9.64 Å². The lowest BCUT2D eigenvalue weighted by atomic mass is 9.98. The van der Waals surface area contributed by atoms with Gasteiger partial charge in [0.05, 0.1) is 30.9 Å². The minimum atomic E-state index is -4.25. The minimum absolute atomic E-state index is 0.0304. The Hall–Kier alpha value is -2.09. The van der Waals surface area contributed by atoms with Crippen LogP contribution in [0.15, 0.2) is 18.2 Å². The molecule has 0 aromatic heterocycles. The molecule has 1 saturated heterocycles. The molecule has 24 heavy (non-hydrogen) atoms. The van der Waals surface area contributed by atoms with Crippen LogP contribution in [0.25, 0.3) is 0 Å². The molecular weight excluding hydrogens is 325 g/mol. The summed E-state index contributed by atoms with van der Waals surface area (Å²) in [6.45, 7) is 0.266. The van der Waals surface area contributed by atoms with Crippen molar-refractivity contribution in [3.63, 3.8) is 0 Å². The number of hydrogen-bond acceptors (Lipinski definition) is 4. The molecule has 0 unspecified atom stereocenters. The van der Waals surface area contributed by atoms with Crippen LogP contribution in [0.1, 0.15) is 23.2 Å². The Balaban J connectivity index is 1.81. The zero-order valence-electron chi connectivity index (χ0n) is 13.1. The highest BCUT2D eigenvalue weighted by Gasteiger charge is 2.43. The Morgan fingerprint density at radius 2 is 2.04 bits per heavy atom. The van der Waals surface area contributed by atoms with E-state index in [-0.39, 0.29) is 25.2 Å². The molecule has 0 radical (unpaired) electrons. The summed E-state index contributed by atoms with van der Waals surface area (Å²) in [4.78, 5) is 27.0. The molecule has 2 aliphatic heterocycles. The number of nitrogens with zero attached hydrogens (tertiary/aromatic N) is 2. The molecule has 0 spiro atoms. The number of ketones is 1. The SMILES string of the molecule is COc1ccc2c(c1)N(CN1CCC[C@@H](C(F)(F)F)C1)C(=O)C2=O. The third-order valence-corrected chi connectivity index (χ3v) is 4.49. The summed E-state index contributed by atoms with van der Waals surface area (Å²) in [6, 6.07) is 4.64. The lowest BCUT2D eigenvalue weighted by molar-refractivity contribution is -0.186. The van der Waals surface area contributed by atoms with Crippen LogP contribution in [0.5, 0.6) is 5.75 Å². The molecule has 0 N–H and O–H groups in total. The first-order valence-corrected chi connectivity index (χ1v) is 7.64. The molecule has 1 fully saturated rings. The molecule has 0 aliphatic carbocycles. The van der Waals surface area contributed by atoms with Gasteiger partial charge in [0.25, 0.3) is 5.78 Å². The lowest BCUT2D eigenvalue weighted by Gasteiger charge is -2.35. The number of Topliss-reactive ketones (excluding diaryl/α,β-unsaturated/α-hetero) is 1. The number of carbonyl (C=O) groups excluding carboxylic acids is 2. The number of alkyl halides is 3. The first-order chi connectivity index (χ1) is 11.3. The van der Waals surface area contributed by atoms with Crippen LogP contribution in [0, 0.1) is 5.92 Å². The highest BCUT2D eigenvalue weighted by molar-refractivity contribution is 6.52. The molecule has 1 atom stereocenters. The maximum absolute atomic E-state index is 12.9. The van der Waals surface area contributed by atoms with Gasteiger partial charge in [0.2, 0.25) is 0 Å². The van der Waals surface area contributed by atoms with E-state index in [1.165, 1.54) is 18.1 Å². The third kappa shape index (κ3) is 2.98. The van der Waals surface area contributed by atoms with Gasteiger partial charge in [-0.25, -0.2) is 0 Å². The van der Waals surface area contributed by atoms with Crippen molar-refractivity contribution in [3.05, 3.63) is 23.8 Å². The van der Waals surface area contributed by atoms with Gasteiger partial charge in [-0.2, -0.15) is 13.2 Å². The maximum Gasteiger partial charge on any atom is 0.393 e. The summed E-state index contributed by atoms with van der Waals surface area (Å²) in [5, 5.41) is 0. The highest BCUT2D eigenvalue weighted by Crippen LogP contribution is 2.35. The number of fused-ring (bicyclic) bond motifs is 1. The van der Waals surface area contributed by atoms with Gasteiger partial charge in [-0.3, -0.25) is 19.4 Å². The first kappa shape index (κ1) is 16.8. The second-order valence-corrected chi connectivity index (χ2v) is 6.04. The van der Waals surface area contributed by atoms with E-state index in [9.17, 15) is 22.8 Å². The van der Waals surface area contributed by atoms with E-state index in [1.807, 2.05) is 0 Å². The first-order valence-electron chi connectivity index (χ1n) is 7.64. The molecule has 8 heteroatoms. The van der Waals surface area contributed by atoms with Crippen LogP contribution in [0.3, 0.4) is 0 Å². The van der Waals surface area contributed by atoms with Crippen molar-refractivity contribution in [2.24, 2.45) is 5.92 Å². The van der Waals surface area contributed by atoms with Crippen molar-refractivity contribution in [2.45, 2.75) is 19.0 Å².